The average Bonchev–Trinajstić information content (AvgIpc) is 3.10. The van der Waals surface area contributed by atoms with E-state index in [0.29, 0.717) is 17.2 Å². The highest BCUT2D eigenvalue weighted by atomic mass is 32.2. The number of fused-ring (bicyclic) bond motifs is 1. The fourth-order valence-corrected chi connectivity index (χ4v) is 3.23. The molecular formula is C20H21NO5S. The third kappa shape index (κ3) is 4.95. The molecule has 2 aromatic rings. The van der Waals surface area contributed by atoms with Gasteiger partial charge in [0.1, 0.15) is 0 Å². The summed E-state index contributed by atoms with van der Waals surface area (Å²) in [6.45, 7) is 5.78. The zero-order valence-electron chi connectivity index (χ0n) is 15.4. The van der Waals surface area contributed by atoms with Crippen LogP contribution in [0.15, 0.2) is 41.3 Å². The number of carbonyl (C=O) groups excluding carboxylic acids is 2. The standard InChI is InChI=1S/C20H21NO5S/c1-12-4-6-16(8-13(12)2)27-10-19(22)26-14(3)20(23)21-15-5-7-17-18(9-15)25-11-24-17/h4-9,14H,10-11H2,1-3H3,(H,21,23)/t14-/m1/s1. The van der Waals surface area contributed by atoms with Crippen molar-refractivity contribution in [1.29, 1.82) is 0 Å². The summed E-state index contributed by atoms with van der Waals surface area (Å²) in [6.07, 6.45) is -0.900. The Bertz CT molecular complexity index is 867. The van der Waals surface area contributed by atoms with E-state index in [2.05, 4.69) is 5.32 Å². The summed E-state index contributed by atoms with van der Waals surface area (Å²) < 4.78 is 15.7. The number of hydrogen-bond acceptors (Lipinski definition) is 6. The molecule has 0 spiro atoms. The highest BCUT2D eigenvalue weighted by Gasteiger charge is 2.20. The van der Waals surface area contributed by atoms with Gasteiger partial charge in [0, 0.05) is 16.6 Å². The SMILES string of the molecule is Cc1ccc(SCC(=O)O[C@H](C)C(=O)Nc2ccc3c(c2)OCO3)cc1C. The number of aryl methyl sites for hydroxylation is 2. The Morgan fingerprint density at radius 1 is 1.11 bits per heavy atom. The van der Waals surface area contributed by atoms with Gasteiger partial charge in [0.05, 0.1) is 5.75 Å². The molecular weight excluding hydrogens is 366 g/mol. The van der Waals surface area contributed by atoms with Crippen molar-refractivity contribution in [3.05, 3.63) is 47.5 Å². The molecule has 0 radical (unpaired) electrons. The molecule has 6 nitrogen and oxygen atoms in total. The Kier molecular flexibility index (Phi) is 5.91. The highest BCUT2D eigenvalue weighted by Crippen LogP contribution is 2.34. The lowest BCUT2D eigenvalue weighted by Gasteiger charge is -2.14. The first-order chi connectivity index (χ1) is 12.9. The van der Waals surface area contributed by atoms with Gasteiger partial charge in [-0.05, 0) is 56.2 Å². The van der Waals surface area contributed by atoms with Crippen LogP contribution in [-0.2, 0) is 14.3 Å². The first kappa shape index (κ1) is 19.1. The lowest BCUT2D eigenvalue weighted by Crippen LogP contribution is -2.30. The quantitative estimate of drug-likeness (QED) is 0.602. The van der Waals surface area contributed by atoms with Crippen LogP contribution in [0.4, 0.5) is 5.69 Å². The van der Waals surface area contributed by atoms with Gasteiger partial charge in [-0.15, -0.1) is 11.8 Å². The van der Waals surface area contributed by atoms with Crippen molar-refractivity contribution in [3.8, 4) is 11.5 Å². The van der Waals surface area contributed by atoms with Crippen LogP contribution in [0.2, 0.25) is 0 Å². The maximum atomic E-state index is 12.2. The number of thioether (sulfide) groups is 1. The predicted molar refractivity (Wildman–Crippen MR) is 103 cm³/mol. The van der Waals surface area contributed by atoms with Crippen molar-refractivity contribution in [3.63, 3.8) is 0 Å². The van der Waals surface area contributed by atoms with Crippen LogP contribution in [0.3, 0.4) is 0 Å². The molecule has 2 aromatic carbocycles. The second kappa shape index (κ2) is 8.35. The first-order valence-corrected chi connectivity index (χ1v) is 9.51. The smallest absolute Gasteiger partial charge is 0.317 e. The fraction of sp³-hybridized carbons (Fsp3) is 0.300. The Hall–Kier alpha value is -2.67. The molecule has 142 valence electrons. The molecule has 1 aliphatic heterocycles. The summed E-state index contributed by atoms with van der Waals surface area (Å²) in [6, 6.07) is 11.1. The number of nitrogens with one attached hydrogen (secondary N) is 1. The van der Waals surface area contributed by atoms with Crippen LogP contribution < -0.4 is 14.8 Å². The largest absolute Gasteiger partial charge is 0.454 e. The monoisotopic (exact) mass is 387 g/mol. The van der Waals surface area contributed by atoms with Crippen LogP contribution in [-0.4, -0.2) is 30.5 Å². The van der Waals surface area contributed by atoms with Gasteiger partial charge in [-0.25, -0.2) is 0 Å². The topological polar surface area (TPSA) is 73.9 Å². The molecule has 0 saturated carbocycles. The predicted octanol–water partition coefficient (Wildman–Crippen LogP) is 3.69. The molecule has 7 heteroatoms. The van der Waals surface area contributed by atoms with Gasteiger partial charge in [0.2, 0.25) is 6.79 Å². The maximum Gasteiger partial charge on any atom is 0.317 e. The number of anilines is 1. The van der Waals surface area contributed by atoms with E-state index in [1.54, 1.807) is 25.1 Å². The van der Waals surface area contributed by atoms with Crippen LogP contribution in [0, 0.1) is 13.8 Å². The molecule has 1 heterocycles. The number of rotatable bonds is 6. The minimum Gasteiger partial charge on any atom is -0.454 e. The van der Waals surface area contributed by atoms with E-state index in [1.807, 2.05) is 32.0 Å². The Balaban J connectivity index is 1.48. The maximum absolute atomic E-state index is 12.2. The number of ether oxygens (including phenoxy) is 3. The summed E-state index contributed by atoms with van der Waals surface area (Å²) in [4.78, 5) is 25.3. The summed E-state index contributed by atoms with van der Waals surface area (Å²) in [5.74, 6) is 0.507. The van der Waals surface area contributed by atoms with E-state index >= 15 is 0 Å². The molecule has 0 bridgehead atoms. The molecule has 1 aliphatic rings. The van der Waals surface area contributed by atoms with Gasteiger partial charge in [-0.3, -0.25) is 9.59 Å². The van der Waals surface area contributed by atoms with E-state index in [1.165, 1.54) is 22.9 Å². The Morgan fingerprint density at radius 3 is 2.67 bits per heavy atom. The second-order valence-corrected chi connectivity index (χ2v) is 7.27. The number of benzene rings is 2. The van der Waals surface area contributed by atoms with Crippen molar-refractivity contribution >= 4 is 29.3 Å². The van der Waals surface area contributed by atoms with Gasteiger partial charge >= 0.3 is 5.97 Å². The van der Waals surface area contributed by atoms with Crippen LogP contribution in [0.25, 0.3) is 0 Å². The summed E-state index contributed by atoms with van der Waals surface area (Å²) in [5, 5.41) is 2.71. The molecule has 0 saturated heterocycles. The van der Waals surface area contributed by atoms with Gasteiger partial charge in [0.15, 0.2) is 17.6 Å². The molecule has 0 aromatic heterocycles. The third-order valence-electron chi connectivity index (χ3n) is 4.15. The lowest BCUT2D eigenvalue weighted by atomic mass is 10.1. The van der Waals surface area contributed by atoms with E-state index in [4.69, 9.17) is 14.2 Å². The average molecular weight is 387 g/mol. The van der Waals surface area contributed by atoms with Gasteiger partial charge in [0.25, 0.3) is 5.91 Å². The molecule has 1 amide bonds. The number of amides is 1. The van der Waals surface area contributed by atoms with E-state index in [9.17, 15) is 9.59 Å². The van der Waals surface area contributed by atoms with Crippen molar-refractivity contribution in [2.45, 2.75) is 31.8 Å². The van der Waals surface area contributed by atoms with Crippen molar-refractivity contribution in [1.82, 2.24) is 0 Å². The van der Waals surface area contributed by atoms with Crippen molar-refractivity contribution in [2.24, 2.45) is 0 Å². The number of hydrogen-bond donors (Lipinski definition) is 1. The first-order valence-electron chi connectivity index (χ1n) is 8.52. The van der Waals surface area contributed by atoms with Crippen molar-refractivity contribution < 1.29 is 23.8 Å². The van der Waals surface area contributed by atoms with Gasteiger partial charge < -0.3 is 19.5 Å². The molecule has 0 aliphatic carbocycles. The summed E-state index contributed by atoms with van der Waals surface area (Å²) in [7, 11) is 0. The summed E-state index contributed by atoms with van der Waals surface area (Å²) >= 11 is 1.39. The van der Waals surface area contributed by atoms with Crippen molar-refractivity contribution in [2.75, 3.05) is 17.9 Å². The van der Waals surface area contributed by atoms with Gasteiger partial charge in [-0.1, -0.05) is 6.07 Å². The fourth-order valence-electron chi connectivity index (χ4n) is 2.45. The normalized spacial score (nSPS) is 13.1. The third-order valence-corrected chi connectivity index (χ3v) is 5.12. The molecule has 1 atom stereocenters. The van der Waals surface area contributed by atoms with Crippen LogP contribution in [0.1, 0.15) is 18.1 Å². The zero-order chi connectivity index (χ0) is 19.4. The molecule has 0 unspecified atom stereocenters. The minimum absolute atomic E-state index is 0.143. The molecule has 1 N–H and O–H groups in total. The Morgan fingerprint density at radius 2 is 1.89 bits per heavy atom. The Labute approximate surface area is 162 Å². The number of esters is 1. The second-order valence-electron chi connectivity index (χ2n) is 6.22. The molecule has 3 rings (SSSR count). The van der Waals surface area contributed by atoms with Gasteiger partial charge in [-0.2, -0.15) is 0 Å². The zero-order valence-corrected chi connectivity index (χ0v) is 16.2. The van der Waals surface area contributed by atoms with E-state index in [-0.39, 0.29) is 12.5 Å². The van der Waals surface area contributed by atoms with Crippen LogP contribution >= 0.6 is 11.8 Å². The van der Waals surface area contributed by atoms with E-state index in [0.717, 1.165) is 4.90 Å². The minimum atomic E-state index is -0.900. The number of carbonyl (C=O) groups is 2. The molecule has 0 fully saturated rings. The summed E-state index contributed by atoms with van der Waals surface area (Å²) in [5.41, 5.74) is 2.93. The van der Waals surface area contributed by atoms with E-state index < -0.39 is 18.0 Å². The molecule has 27 heavy (non-hydrogen) atoms. The highest BCUT2D eigenvalue weighted by molar-refractivity contribution is 8.00. The van der Waals surface area contributed by atoms with Crippen LogP contribution in [0.5, 0.6) is 11.5 Å². The lowest BCUT2D eigenvalue weighted by molar-refractivity contribution is -0.150.